The van der Waals surface area contributed by atoms with Gasteiger partial charge in [-0.15, -0.1) is 0 Å². The first-order chi connectivity index (χ1) is 8.16. The first-order valence-corrected chi connectivity index (χ1v) is 6.50. The minimum absolute atomic E-state index is 0.00560. The normalized spacial score (nSPS) is 33.6. The van der Waals surface area contributed by atoms with Crippen molar-refractivity contribution < 1.29 is 9.84 Å². The Hall–Kier alpha value is -0.860. The standard InChI is InChI=1S/C15H22O2/c1-11-8-12(2)15(16)14(9-11)17-10-13-6-4-3-5-7-13/h3-7,11-12,14-16H,8-10H2,1-2H3. The average Bonchev–Trinajstić information content (AvgIpc) is 2.33. The van der Waals surface area contributed by atoms with Crippen molar-refractivity contribution in [2.45, 2.75) is 45.5 Å². The van der Waals surface area contributed by atoms with Crippen LogP contribution in [0.3, 0.4) is 0 Å². The zero-order valence-corrected chi connectivity index (χ0v) is 10.7. The van der Waals surface area contributed by atoms with Crippen LogP contribution in [0.4, 0.5) is 0 Å². The first kappa shape index (κ1) is 12.6. The molecule has 0 bridgehead atoms. The van der Waals surface area contributed by atoms with Crippen molar-refractivity contribution in [3.8, 4) is 0 Å². The Kier molecular flexibility index (Phi) is 4.19. The van der Waals surface area contributed by atoms with Crippen molar-refractivity contribution in [2.24, 2.45) is 11.8 Å². The highest BCUT2D eigenvalue weighted by atomic mass is 16.5. The molecule has 0 spiro atoms. The molecular weight excluding hydrogens is 212 g/mol. The Balaban J connectivity index is 1.89. The molecule has 1 aliphatic rings. The van der Waals surface area contributed by atoms with Crippen molar-refractivity contribution in [3.05, 3.63) is 35.9 Å². The molecule has 1 aliphatic carbocycles. The number of ether oxygens (including phenoxy) is 1. The largest absolute Gasteiger partial charge is 0.390 e. The summed E-state index contributed by atoms with van der Waals surface area (Å²) in [5.41, 5.74) is 1.17. The number of aliphatic hydroxyl groups is 1. The van der Waals surface area contributed by atoms with E-state index in [0.29, 0.717) is 18.4 Å². The number of benzene rings is 1. The highest BCUT2D eigenvalue weighted by Crippen LogP contribution is 2.31. The maximum atomic E-state index is 10.1. The number of aliphatic hydroxyl groups excluding tert-OH is 1. The van der Waals surface area contributed by atoms with Crippen molar-refractivity contribution >= 4 is 0 Å². The van der Waals surface area contributed by atoms with E-state index in [1.165, 1.54) is 5.56 Å². The molecule has 0 amide bonds. The highest BCUT2D eigenvalue weighted by molar-refractivity contribution is 5.13. The second-order valence-corrected chi connectivity index (χ2v) is 5.38. The van der Waals surface area contributed by atoms with E-state index in [4.69, 9.17) is 4.74 Å². The first-order valence-electron chi connectivity index (χ1n) is 6.50. The lowest BCUT2D eigenvalue weighted by molar-refractivity contribution is -0.0987. The van der Waals surface area contributed by atoms with Gasteiger partial charge >= 0.3 is 0 Å². The van der Waals surface area contributed by atoms with Crippen molar-refractivity contribution in [1.82, 2.24) is 0 Å². The van der Waals surface area contributed by atoms with E-state index in [9.17, 15) is 5.11 Å². The van der Waals surface area contributed by atoms with E-state index in [-0.39, 0.29) is 12.2 Å². The summed E-state index contributed by atoms with van der Waals surface area (Å²) >= 11 is 0. The third-order valence-electron chi connectivity index (χ3n) is 3.68. The van der Waals surface area contributed by atoms with Crippen LogP contribution in [-0.2, 0) is 11.3 Å². The third-order valence-corrected chi connectivity index (χ3v) is 3.68. The molecule has 0 saturated heterocycles. The molecule has 0 aliphatic heterocycles. The van der Waals surface area contributed by atoms with E-state index in [0.717, 1.165) is 12.8 Å². The number of hydrogen-bond acceptors (Lipinski definition) is 2. The molecule has 4 atom stereocenters. The summed E-state index contributed by atoms with van der Waals surface area (Å²) in [7, 11) is 0. The summed E-state index contributed by atoms with van der Waals surface area (Å²) in [6, 6.07) is 10.1. The van der Waals surface area contributed by atoms with Gasteiger partial charge in [0.05, 0.1) is 18.8 Å². The SMILES string of the molecule is CC1CC(C)C(O)C(OCc2ccccc2)C1. The molecule has 2 rings (SSSR count). The van der Waals surface area contributed by atoms with Gasteiger partial charge in [-0.3, -0.25) is 0 Å². The monoisotopic (exact) mass is 234 g/mol. The van der Waals surface area contributed by atoms with Crippen LogP contribution in [0.5, 0.6) is 0 Å². The van der Waals surface area contributed by atoms with Gasteiger partial charge in [0.1, 0.15) is 0 Å². The van der Waals surface area contributed by atoms with Crippen molar-refractivity contribution in [1.29, 1.82) is 0 Å². The molecule has 1 N–H and O–H groups in total. The van der Waals surface area contributed by atoms with Crippen molar-refractivity contribution in [3.63, 3.8) is 0 Å². The lowest BCUT2D eigenvalue weighted by Gasteiger charge is -2.36. The second-order valence-electron chi connectivity index (χ2n) is 5.38. The Morgan fingerprint density at radius 2 is 1.88 bits per heavy atom. The highest BCUT2D eigenvalue weighted by Gasteiger charge is 2.33. The second kappa shape index (κ2) is 5.65. The fraction of sp³-hybridized carbons (Fsp3) is 0.600. The summed E-state index contributed by atoms with van der Waals surface area (Å²) in [5.74, 6) is 0.994. The number of rotatable bonds is 3. The molecule has 0 heterocycles. The average molecular weight is 234 g/mol. The molecule has 17 heavy (non-hydrogen) atoms. The van der Waals surface area contributed by atoms with E-state index in [1.54, 1.807) is 0 Å². The van der Waals surface area contributed by atoms with Crippen LogP contribution in [0.25, 0.3) is 0 Å². The van der Waals surface area contributed by atoms with Gasteiger partial charge < -0.3 is 9.84 Å². The summed E-state index contributed by atoms with van der Waals surface area (Å²) in [4.78, 5) is 0. The van der Waals surface area contributed by atoms with Crippen LogP contribution in [0, 0.1) is 11.8 Å². The third kappa shape index (κ3) is 3.30. The molecule has 4 unspecified atom stereocenters. The summed E-state index contributed by atoms with van der Waals surface area (Å²) < 4.78 is 5.87. The van der Waals surface area contributed by atoms with Gasteiger partial charge in [-0.1, -0.05) is 44.2 Å². The lowest BCUT2D eigenvalue weighted by atomic mass is 9.79. The van der Waals surface area contributed by atoms with Crippen LogP contribution < -0.4 is 0 Å². The molecular formula is C15H22O2. The lowest BCUT2D eigenvalue weighted by Crippen LogP contribution is -2.40. The van der Waals surface area contributed by atoms with Crippen molar-refractivity contribution in [2.75, 3.05) is 0 Å². The van der Waals surface area contributed by atoms with E-state index < -0.39 is 0 Å². The minimum Gasteiger partial charge on any atom is -0.390 e. The molecule has 1 fully saturated rings. The minimum atomic E-state index is -0.310. The smallest absolute Gasteiger partial charge is 0.0843 e. The number of hydrogen-bond donors (Lipinski definition) is 1. The van der Waals surface area contributed by atoms with Crippen LogP contribution >= 0.6 is 0 Å². The fourth-order valence-electron chi connectivity index (χ4n) is 2.72. The summed E-state index contributed by atoms with van der Waals surface area (Å²) in [6.07, 6.45) is 1.76. The molecule has 0 aromatic heterocycles. The van der Waals surface area contributed by atoms with Crippen LogP contribution in [0.2, 0.25) is 0 Å². The topological polar surface area (TPSA) is 29.5 Å². The zero-order chi connectivity index (χ0) is 12.3. The molecule has 2 nitrogen and oxygen atoms in total. The Labute approximate surface area is 104 Å². The van der Waals surface area contributed by atoms with Crippen LogP contribution in [0.15, 0.2) is 30.3 Å². The van der Waals surface area contributed by atoms with Crippen LogP contribution in [0.1, 0.15) is 32.3 Å². The maximum absolute atomic E-state index is 10.1. The Bertz CT molecular complexity index is 336. The molecule has 2 heteroatoms. The van der Waals surface area contributed by atoms with E-state index >= 15 is 0 Å². The summed E-state index contributed by atoms with van der Waals surface area (Å²) in [5, 5.41) is 10.1. The Morgan fingerprint density at radius 1 is 1.18 bits per heavy atom. The van der Waals surface area contributed by atoms with Gasteiger partial charge in [0.2, 0.25) is 0 Å². The zero-order valence-electron chi connectivity index (χ0n) is 10.7. The van der Waals surface area contributed by atoms with Gasteiger partial charge in [-0.05, 0) is 30.2 Å². The van der Waals surface area contributed by atoms with Crippen LogP contribution in [-0.4, -0.2) is 17.3 Å². The quantitative estimate of drug-likeness (QED) is 0.871. The molecule has 0 radical (unpaired) electrons. The van der Waals surface area contributed by atoms with E-state index in [2.05, 4.69) is 26.0 Å². The Morgan fingerprint density at radius 3 is 2.59 bits per heavy atom. The predicted octanol–water partition coefficient (Wildman–Crippen LogP) is 3.00. The summed E-state index contributed by atoms with van der Waals surface area (Å²) in [6.45, 7) is 4.95. The molecule has 1 saturated carbocycles. The van der Waals surface area contributed by atoms with Gasteiger partial charge in [0, 0.05) is 0 Å². The fourth-order valence-corrected chi connectivity index (χ4v) is 2.72. The maximum Gasteiger partial charge on any atom is 0.0843 e. The van der Waals surface area contributed by atoms with Gasteiger partial charge in [0.15, 0.2) is 0 Å². The molecule has 94 valence electrons. The van der Waals surface area contributed by atoms with Gasteiger partial charge in [-0.25, -0.2) is 0 Å². The molecule has 1 aromatic rings. The predicted molar refractivity (Wildman–Crippen MR) is 68.6 cm³/mol. The van der Waals surface area contributed by atoms with E-state index in [1.807, 2.05) is 18.2 Å². The van der Waals surface area contributed by atoms with Gasteiger partial charge in [-0.2, -0.15) is 0 Å². The van der Waals surface area contributed by atoms with Gasteiger partial charge in [0.25, 0.3) is 0 Å². The molecule has 1 aromatic carbocycles.